The summed E-state index contributed by atoms with van der Waals surface area (Å²) in [5.41, 5.74) is 6.92. The van der Waals surface area contributed by atoms with Crippen molar-refractivity contribution in [3.63, 3.8) is 0 Å². The Bertz CT molecular complexity index is 1490. The van der Waals surface area contributed by atoms with Gasteiger partial charge >= 0.3 is 31.6 Å². The van der Waals surface area contributed by atoms with Crippen LogP contribution in [0, 0.1) is 0 Å². The minimum Gasteiger partial charge on any atom is -0.418 e. The molecule has 0 aliphatic rings. The molecule has 0 fully saturated rings. The first-order valence-corrected chi connectivity index (χ1v) is 13.2. The van der Waals surface area contributed by atoms with Gasteiger partial charge < -0.3 is 34.5 Å². The Morgan fingerprint density at radius 1 is 0.298 bits per heavy atom. The summed E-state index contributed by atoms with van der Waals surface area (Å²) in [4.78, 5) is 26.4. The predicted octanol–water partition coefficient (Wildman–Crippen LogP) is 9.01. The van der Waals surface area contributed by atoms with E-state index >= 15 is 0 Å². The molecule has 0 aromatic carbocycles. The molecule has 0 saturated heterocycles. The molecule has 6 rings (SSSR count). The summed E-state index contributed by atoms with van der Waals surface area (Å²) in [5.74, 6) is 0. The van der Waals surface area contributed by atoms with E-state index in [4.69, 9.17) is 0 Å². The van der Waals surface area contributed by atoms with Crippen LogP contribution in [0.5, 0.6) is 0 Å². The monoisotopic (exact) mass is 703 g/mol. The predicted molar refractivity (Wildman–Crippen MR) is 162 cm³/mol. The molecule has 0 unspecified atom stereocenters. The van der Waals surface area contributed by atoms with Crippen LogP contribution in [0.25, 0.3) is 45.6 Å². The van der Waals surface area contributed by atoms with Crippen LogP contribution in [0.15, 0.2) is 134 Å². The topological polar surface area (TPSA) is 77.3 Å². The second-order valence-electron chi connectivity index (χ2n) is 8.67. The first-order valence-electron chi connectivity index (χ1n) is 13.2. The van der Waals surface area contributed by atoms with E-state index in [1.54, 1.807) is 24.8 Å². The van der Waals surface area contributed by atoms with Crippen molar-refractivity contribution < 1.29 is 51.6 Å². The van der Waals surface area contributed by atoms with E-state index in [1.807, 2.05) is 109 Å². The van der Waals surface area contributed by atoms with Gasteiger partial charge in [0.1, 0.15) is 0 Å². The smallest absolute Gasteiger partial charge is 0.418 e. The van der Waals surface area contributed by atoms with Gasteiger partial charge in [-0.15, -0.1) is 0 Å². The molecule has 0 spiro atoms. The van der Waals surface area contributed by atoms with Crippen molar-refractivity contribution in [1.29, 1.82) is 0 Å². The molecule has 0 atom stereocenters. The van der Waals surface area contributed by atoms with Crippen LogP contribution in [0.3, 0.4) is 0 Å². The van der Waals surface area contributed by atoms with Gasteiger partial charge in [-0.3, -0.25) is 19.9 Å². The molecule has 6 nitrogen and oxygen atoms in total. The first-order chi connectivity index (χ1) is 21.9. The van der Waals surface area contributed by atoms with E-state index in [1.165, 1.54) is 0 Å². The molecular weight excluding hydrogens is 682 g/mol. The van der Waals surface area contributed by atoms with E-state index in [9.17, 15) is 34.5 Å². The Balaban J connectivity index is 0.000000251. The number of nitrogens with zero attached hydrogens (tertiary/aromatic N) is 6. The molecule has 0 aliphatic carbocycles. The number of halogens is 8. The second kappa shape index (κ2) is 18.8. The Morgan fingerprint density at radius 2 is 0.489 bits per heavy atom. The molecule has 1 radical (unpaired) electrons. The number of hydrogen-bond donors (Lipinski definition) is 0. The normalized spacial score (nSPS) is 10.4. The maximum Gasteiger partial charge on any atom is 2.00 e. The first kappa shape index (κ1) is 38.2. The van der Waals surface area contributed by atoms with Crippen molar-refractivity contribution in [2.45, 2.75) is 0 Å². The van der Waals surface area contributed by atoms with Crippen LogP contribution in [0.4, 0.5) is 34.5 Å². The van der Waals surface area contributed by atoms with Gasteiger partial charge in [0.05, 0.1) is 45.6 Å². The molecule has 47 heavy (non-hydrogen) atoms. The molecule has 6 heterocycles. The average molecular weight is 704 g/mol. The van der Waals surface area contributed by atoms with Gasteiger partial charge in [-0.1, -0.05) is 36.4 Å². The van der Waals surface area contributed by atoms with E-state index in [0.29, 0.717) is 0 Å². The van der Waals surface area contributed by atoms with Gasteiger partial charge in [-0.05, 0) is 72.8 Å². The molecule has 6 aromatic heterocycles. The summed E-state index contributed by atoms with van der Waals surface area (Å²) < 4.78 is 78.0. The van der Waals surface area contributed by atoms with E-state index in [2.05, 4.69) is 29.9 Å². The summed E-state index contributed by atoms with van der Waals surface area (Å²) in [6, 6.07) is 35.0. The Morgan fingerprint density at radius 3 is 0.660 bits per heavy atom. The molecule has 0 N–H and O–H groups in total. The summed E-state index contributed by atoms with van der Waals surface area (Å²) in [6.07, 6.45) is 7.07. The molecule has 17 heteroatoms. The Kier molecular flexibility index (Phi) is 15.3. The fourth-order valence-corrected chi connectivity index (χ4v) is 3.50. The van der Waals surface area contributed by atoms with Gasteiger partial charge in [-0.25, -0.2) is 9.97 Å². The van der Waals surface area contributed by atoms with Crippen molar-refractivity contribution in [2.24, 2.45) is 0 Å². The van der Waals surface area contributed by atoms with Gasteiger partial charge in [0, 0.05) is 24.8 Å². The number of rotatable bonds is 4. The van der Waals surface area contributed by atoms with Gasteiger partial charge in [0.25, 0.3) is 0 Å². The SMILES string of the molecule is F[B-](F)(F)F.F[B-](F)(F)F.[Cu+2].c1ccc(-c2cccc(-c3ccccn3)n2)nc1.c1ccc(-c2cccc(-c3ccccn3)n2)nc1. The third-order valence-electron chi connectivity index (χ3n) is 5.21. The van der Waals surface area contributed by atoms with Crippen molar-refractivity contribution >= 4 is 14.5 Å². The quantitative estimate of drug-likeness (QED) is 0.135. The summed E-state index contributed by atoms with van der Waals surface area (Å²) in [7, 11) is -12.0. The zero-order chi connectivity index (χ0) is 33.4. The minimum absolute atomic E-state index is 0. The van der Waals surface area contributed by atoms with Gasteiger partial charge in [0.15, 0.2) is 0 Å². The van der Waals surface area contributed by atoms with E-state index in [-0.39, 0.29) is 17.1 Å². The zero-order valence-corrected chi connectivity index (χ0v) is 24.8. The number of pyridine rings is 6. The Labute approximate surface area is 275 Å². The number of aromatic nitrogens is 6. The van der Waals surface area contributed by atoms with Gasteiger partial charge in [0.2, 0.25) is 0 Å². The van der Waals surface area contributed by atoms with E-state index < -0.39 is 14.5 Å². The molecule has 0 saturated carbocycles. The molecular formula is C30H22B2CuF8N6. The van der Waals surface area contributed by atoms with E-state index in [0.717, 1.165) is 45.6 Å². The molecule has 0 aliphatic heterocycles. The summed E-state index contributed by atoms with van der Waals surface area (Å²) in [6.45, 7) is 0. The third-order valence-corrected chi connectivity index (χ3v) is 5.21. The van der Waals surface area contributed by atoms with Crippen LogP contribution in [0.1, 0.15) is 0 Å². The maximum atomic E-state index is 9.75. The van der Waals surface area contributed by atoms with Crippen LogP contribution in [0.2, 0.25) is 0 Å². The summed E-state index contributed by atoms with van der Waals surface area (Å²) >= 11 is 0. The Hall–Kier alpha value is -5.01. The fraction of sp³-hybridized carbons (Fsp3) is 0. The van der Waals surface area contributed by atoms with Crippen LogP contribution in [-0.4, -0.2) is 44.4 Å². The molecule has 245 valence electrons. The maximum absolute atomic E-state index is 9.75. The van der Waals surface area contributed by atoms with Crippen molar-refractivity contribution in [3.05, 3.63) is 134 Å². The van der Waals surface area contributed by atoms with Gasteiger partial charge in [-0.2, -0.15) is 0 Å². The van der Waals surface area contributed by atoms with Crippen LogP contribution < -0.4 is 0 Å². The fourth-order valence-electron chi connectivity index (χ4n) is 3.50. The molecule has 6 aromatic rings. The third kappa shape index (κ3) is 15.7. The average Bonchev–Trinajstić information content (AvgIpc) is 3.05. The van der Waals surface area contributed by atoms with Crippen LogP contribution in [-0.2, 0) is 17.1 Å². The molecule has 0 bridgehead atoms. The second-order valence-corrected chi connectivity index (χ2v) is 8.67. The number of hydrogen-bond acceptors (Lipinski definition) is 6. The van der Waals surface area contributed by atoms with Crippen molar-refractivity contribution in [3.8, 4) is 45.6 Å². The van der Waals surface area contributed by atoms with Crippen molar-refractivity contribution in [1.82, 2.24) is 29.9 Å². The minimum atomic E-state index is -6.00. The molecule has 0 amide bonds. The van der Waals surface area contributed by atoms with Crippen molar-refractivity contribution in [2.75, 3.05) is 0 Å². The van der Waals surface area contributed by atoms with Crippen LogP contribution >= 0.6 is 0 Å². The summed E-state index contributed by atoms with van der Waals surface area (Å²) in [5, 5.41) is 0. The largest absolute Gasteiger partial charge is 2.00 e. The standard InChI is InChI=1S/2C15H11N3.2BF4.Cu/c2*1-3-10-16-12(6-1)14-8-5-9-15(18-14)13-7-2-4-11-17-13;2*2-1(3,4)5;/h2*1-11H;;;/q;;2*-1;+2. The zero-order valence-electron chi connectivity index (χ0n) is 23.9.